The Bertz CT molecular complexity index is 573. The number of hydrogen-bond acceptors (Lipinski definition) is 3. The molecule has 0 amide bonds. The Labute approximate surface area is 99.6 Å². The molecule has 0 unspecified atom stereocenters. The van der Waals surface area contributed by atoms with Crippen molar-refractivity contribution in [2.45, 2.75) is 13.8 Å². The Kier molecular flexibility index (Phi) is 3.00. The summed E-state index contributed by atoms with van der Waals surface area (Å²) in [5.41, 5.74) is 1.42. The molecular weight excluding hydrogens is 216 g/mol. The van der Waals surface area contributed by atoms with Crippen LogP contribution in [0.25, 0.3) is 10.8 Å². The van der Waals surface area contributed by atoms with E-state index in [1.165, 1.54) is 0 Å². The lowest BCUT2D eigenvalue weighted by molar-refractivity contribution is 0.0525. The van der Waals surface area contributed by atoms with E-state index in [2.05, 4.69) is 0 Å². The Morgan fingerprint density at radius 2 is 2.00 bits per heavy atom. The van der Waals surface area contributed by atoms with E-state index < -0.39 is 0 Å². The number of benzene rings is 2. The lowest BCUT2D eigenvalue weighted by Crippen LogP contribution is -2.06. The second-order valence-corrected chi connectivity index (χ2v) is 3.92. The second-order valence-electron chi connectivity index (χ2n) is 3.92. The third kappa shape index (κ3) is 2.23. The van der Waals surface area contributed by atoms with Gasteiger partial charge in [0.05, 0.1) is 12.2 Å². The highest BCUT2D eigenvalue weighted by Crippen LogP contribution is 2.24. The average molecular weight is 230 g/mol. The molecule has 3 heteroatoms. The van der Waals surface area contributed by atoms with Gasteiger partial charge in [0.15, 0.2) is 0 Å². The first-order chi connectivity index (χ1) is 8.11. The van der Waals surface area contributed by atoms with E-state index >= 15 is 0 Å². The number of fused-ring (bicyclic) bond motifs is 1. The molecule has 0 atom stereocenters. The third-order valence-electron chi connectivity index (χ3n) is 2.66. The molecule has 0 fully saturated rings. The van der Waals surface area contributed by atoms with Crippen LogP contribution in [0.1, 0.15) is 22.8 Å². The van der Waals surface area contributed by atoms with Crippen molar-refractivity contribution in [3.63, 3.8) is 0 Å². The van der Waals surface area contributed by atoms with Gasteiger partial charge in [0, 0.05) is 0 Å². The van der Waals surface area contributed by atoms with Crippen molar-refractivity contribution >= 4 is 16.7 Å². The van der Waals surface area contributed by atoms with Crippen LogP contribution in [0.15, 0.2) is 30.3 Å². The highest BCUT2D eigenvalue weighted by atomic mass is 16.5. The molecule has 2 rings (SSSR count). The predicted molar refractivity (Wildman–Crippen MR) is 66.3 cm³/mol. The molecule has 0 aliphatic carbocycles. The number of esters is 1. The molecule has 3 nitrogen and oxygen atoms in total. The van der Waals surface area contributed by atoms with E-state index in [1.54, 1.807) is 31.2 Å². The van der Waals surface area contributed by atoms with Crippen LogP contribution < -0.4 is 0 Å². The van der Waals surface area contributed by atoms with E-state index in [-0.39, 0.29) is 11.7 Å². The van der Waals surface area contributed by atoms with Gasteiger partial charge in [-0.2, -0.15) is 0 Å². The second kappa shape index (κ2) is 4.45. The van der Waals surface area contributed by atoms with Crippen molar-refractivity contribution in [1.29, 1.82) is 0 Å². The number of phenolic OH excluding ortho intramolecular Hbond substituents is 1. The van der Waals surface area contributed by atoms with Crippen LogP contribution in [-0.4, -0.2) is 17.7 Å². The standard InChI is InChI=1S/C14H14O3/c1-3-17-14(16)13-8-10-4-5-12(15)7-11(10)6-9(13)2/h4-8,15H,3H2,1-2H3. The Hall–Kier alpha value is -2.03. The molecule has 0 radical (unpaired) electrons. The normalized spacial score (nSPS) is 10.5. The van der Waals surface area contributed by atoms with Gasteiger partial charge in [-0.3, -0.25) is 0 Å². The summed E-state index contributed by atoms with van der Waals surface area (Å²) in [5.74, 6) is -0.0826. The summed E-state index contributed by atoms with van der Waals surface area (Å²) < 4.78 is 4.99. The number of ether oxygens (including phenoxy) is 1. The van der Waals surface area contributed by atoms with Crippen LogP contribution in [0.4, 0.5) is 0 Å². The van der Waals surface area contributed by atoms with Gasteiger partial charge in [-0.15, -0.1) is 0 Å². The first-order valence-electron chi connectivity index (χ1n) is 5.52. The highest BCUT2D eigenvalue weighted by molar-refractivity contribution is 5.97. The molecule has 0 aliphatic heterocycles. The summed E-state index contributed by atoms with van der Waals surface area (Å²) in [6.07, 6.45) is 0. The minimum absolute atomic E-state index is 0.223. The molecule has 88 valence electrons. The third-order valence-corrected chi connectivity index (χ3v) is 2.66. The first kappa shape index (κ1) is 11.5. The Balaban J connectivity index is 2.55. The van der Waals surface area contributed by atoms with Crippen molar-refractivity contribution in [3.05, 3.63) is 41.5 Å². The molecule has 0 saturated heterocycles. The Morgan fingerprint density at radius 3 is 2.71 bits per heavy atom. The van der Waals surface area contributed by atoms with Crippen LogP contribution in [0.2, 0.25) is 0 Å². The van der Waals surface area contributed by atoms with Crippen LogP contribution in [0.5, 0.6) is 5.75 Å². The number of carbonyl (C=O) groups excluding carboxylic acids is 1. The quantitative estimate of drug-likeness (QED) is 0.806. The molecule has 0 bridgehead atoms. The number of aryl methyl sites for hydroxylation is 1. The summed E-state index contributed by atoms with van der Waals surface area (Å²) in [6.45, 7) is 4.01. The molecule has 0 heterocycles. The van der Waals surface area contributed by atoms with Gasteiger partial charge >= 0.3 is 5.97 Å². The first-order valence-corrected chi connectivity index (χ1v) is 5.52. The van der Waals surface area contributed by atoms with Gasteiger partial charge in [-0.05, 0) is 48.4 Å². The number of rotatable bonds is 2. The fraction of sp³-hybridized carbons (Fsp3) is 0.214. The van der Waals surface area contributed by atoms with E-state index in [1.807, 2.05) is 13.0 Å². The average Bonchev–Trinajstić information content (AvgIpc) is 2.28. The topological polar surface area (TPSA) is 46.5 Å². The summed E-state index contributed by atoms with van der Waals surface area (Å²) >= 11 is 0. The summed E-state index contributed by atoms with van der Waals surface area (Å²) in [4.78, 5) is 11.7. The zero-order chi connectivity index (χ0) is 12.4. The summed E-state index contributed by atoms with van der Waals surface area (Å²) in [6, 6.07) is 8.74. The van der Waals surface area contributed by atoms with Crippen molar-refractivity contribution in [1.82, 2.24) is 0 Å². The number of aromatic hydroxyl groups is 1. The summed E-state index contributed by atoms with van der Waals surface area (Å²) in [5, 5.41) is 11.2. The van der Waals surface area contributed by atoms with Gasteiger partial charge in [0.2, 0.25) is 0 Å². The molecule has 2 aromatic carbocycles. The predicted octanol–water partition coefficient (Wildman–Crippen LogP) is 3.03. The molecule has 1 N–H and O–H groups in total. The molecule has 0 aromatic heterocycles. The van der Waals surface area contributed by atoms with Crippen molar-refractivity contribution in [2.24, 2.45) is 0 Å². The van der Waals surface area contributed by atoms with Crippen LogP contribution >= 0.6 is 0 Å². The van der Waals surface area contributed by atoms with Crippen LogP contribution in [0.3, 0.4) is 0 Å². The van der Waals surface area contributed by atoms with E-state index in [0.29, 0.717) is 12.2 Å². The molecule has 0 aliphatic rings. The molecule has 17 heavy (non-hydrogen) atoms. The smallest absolute Gasteiger partial charge is 0.338 e. The number of carbonyl (C=O) groups is 1. The monoisotopic (exact) mass is 230 g/mol. The largest absolute Gasteiger partial charge is 0.508 e. The Morgan fingerprint density at radius 1 is 1.24 bits per heavy atom. The highest BCUT2D eigenvalue weighted by Gasteiger charge is 2.11. The van der Waals surface area contributed by atoms with Gasteiger partial charge in [-0.1, -0.05) is 12.1 Å². The maximum Gasteiger partial charge on any atom is 0.338 e. The minimum Gasteiger partial charge on any atom is -0.508 e. The maximum absolute atomic E-state index is 11.7. The lowest BCUT2D eigenvalue weighted by atomic mass is 10.0. The van der Waals surface area contributed by atoms with Gasteiger partial charge in [0.25, 0.3) is 0 Å². The van der Waals surface area contributed by atoms with Crippen molar-refractivity contribution in [3.8, 4) is 5.75 Å². The molecule has 2 aromatic rings. The van der Waals surface area contributed by atoms with Gasteiger partial charge in [-0.25, -0.2) is 4.79 Å². The fourth-order valence-electron chi connectivity index (χ4n) is 1.83. The molecular formula is C14H14O3. The SMILES string of the molecule is CCOC(=O)c1cc2ccc(O)cc2cc1C. The van der Waals surface area contributed by atoms with Crippen LogP contribution in [-0.2, 0) is 4.74 Å². The van der Waals surface area contributed by atoms with E-state index in [9.17, 15) is 9.90 Å². The fourth-order valence-corrected chi connectivity index (χ4v) is 1.83. The van der Waals surface area contributed by atoms with Crippen molar-refractivity contribution in [2.75, 3.05) is 6.61 Å². The van der Waals surface area contributed by atoms with Gasteiger partial charge < -0.3 is 9.84 Å². The zero-order valence-electron chi connectivity index (χ0n) is 9.86. The van der Waals surface area contributed by atoms with Crippen LogP contribution in [0, 0.1) is 6.92 Å². The van der Waals surface area contributed by atoms with Crippen molar-refractivity contribution < 1.29 is 14.6 Å². The molecule has 0 spiro atoms. The molecule has 0 saturated carbocycles. The zero-order valence-corrected chi connectivity index (χ0v) is 9.86. The minimum atomic E-state index is -0.306. The van der Waals surface area contributed by atoms with E-state index in [0.717, 1.165) is 16.3 Å². The maximum atomic E-state index is 11.7. The number of hydrogen-bond donors (Lipinski definition) is 1. The van der Waals surface area contributed by atoms with Gasteiger partial charge in [0.1, 0.15) is 5.75 Å². The summed E-state index contributed by atoms with van der Waals surface area (Å²) in [7, 11) is 0. The lowest BCUT2D eigenvalue weighted by Gasteiger charge is -2.07. The van der Waals surface area contributed by atoms with E-state index in [4.69, 9.17) is 4.74 Å². The number of phenols is 1.